The molecule has 1 aromatic heterocycles. The second kappa shape index (κ2) is 3.49. The van der Waals surface area contributed by atoms with E-state index in [2.05, 4.69) is 26.5 Å². The highest BCUT2D eigenvalue weighted by atomic mass is 32.1. The number of hydrogen-bond donors (Lipinski definition) is 2. The van der Waals surface area contributed by atoms with Gasteiger partial charge in [0, 0.05) is 0 Å². The summed E-state index contributed by atoms with van der Waals surface area (Å²) in [7, 11) is 0. The van der Waals surface area contributed by atoms with Crippen molar-refractivity contribution in [3.63, 3.8) is 0 Å². The predicted octanol–water partition coefficient (Wildman–Crippen LogP) is 0.345. The maximum absolute atomic E-state index is 11.8. The fourth-order valence-corrected chi connectivity index (χ4v) is 3.20. The Labute approximate surface area is 102 Å². The molecular weight excluding hydrogens is 240 g/mol. The molecule has 0 unspecified atom stereocenters. The quantitative estimate of drug-likeness (QED) is 0.744. The summed E-state index contributed by atoms with van der Waals surface area (Å²) in [6.07, 6.45) is 3.25. The van der Waals surface area contributed by atoms with Crippen molar-refractivity contribution in [3.8, 4) is 0 Å². The predicted molar refractivity (Wildman–Crippen MR) is 59.8 cm³/mol. The molecule has 2 amide bonds. The smallest absolute Gasteiger partial charge is 0.273 e. The molecule has 1 aromatic rings. The van der Waals surface area contributed by atoms with Crippen LogP contribution >= 0.6 is 11.7 Å². The first kappa shape index (κ1) is 10.6. The molecule has 2 N–H and O–H groups in total. The van der Waals surface area contributed by atoms with Gasteiger partial charge in [-0.1, -0.05) is 6.92 Å². The molecule has 2 aliphatic carbocycles. The third kappa shape index (κ3) is 1.53. The minimum absolute atomic E-state index is 0.0721. The number of nitrogens with one attached hydrogen (secondary N) is 2. The zero-order valence-corrected chi connectivity index (χ0v) is 10.1. The van der Waals surface area contributed by atoms with Crippen LogP contribution in [0.5, 0.6) is 0 Å². The largest absolute Gasteiger partial charge is 0.291 e. The number of amides is 2. The molecular formula is C10H12N4O2S. The van der Waals surface area contributed by atoms with Crippen molar-refractivity contribution in [1.29, 1.82) is 0 Å². The molecule has 3 rings (SSSR count). The van der Waals surface area contributed by atoms with Gasteiger partial charge in [0.2, 0.25) is 5.91 Å². The van der Waals surface area contributed by atoms with Gasteiger partial charge in [0.05, 0.1) is 23.3 Å². The van der Waals surface area contributed by atoms with Crippen molar-refractivity contribution in [2.45, 2.75) is 19.8 Å². The van der Waals surface area contributed by atoms with Gasteiger partial charge < -0.3 is 0 Å². The first-order valence-corrected chi connectivity index (χ1v) is 6.25. The molecule has 2 aliphatic rings. The molecule has 2 saturated carbocycles. The Hall–Kier alpha value is -1.50. The monoisotopic (exact) mass is 252 g/mol. The molecule has 0 saturated heterocycles. The average Bonchev–Trinajstić information content (AvgIpc) is 2.72. The molecule has 90 valence electrons. The number of carbonyl (C=O) groups is 2. The van der Waals surface area contributed by atoms with Crippen LogP contribution in [-0.4, -0.2) is 20.6 Å². The lowest BCUT2D eigenvalue weighted by molar-refractivity contribution is -0.131. The van der Waals surface area contributed by atoms with E-state index in [0.717, 1.165) is 24.6 Å². The second-order valence-electron chi connectivity index (χ2n) is 4.85. The summed E-state index contributed by atoms with van der Waals surface area (Å²) in [5.41, 5.74) is 4.88. The Balaban J connectivity index is 1.53. The van der Waals surface area contributed by atoms with Crippen molar-refractivity contribution in [3.05, 3.63) is 11.9 Å². The van der Waals surface area contributed by atoms with Crippen LogP contribution in [0.15, 0.2) is 6.20 Å². The van der Waals surface area contributed by atoms with E-state index in [0.29, 0.717) is 11.8 Å². The summed E-state index contributed by atoms with van der Waals surface area (Å²) < 4.78 is 7.50. The Morgan fingerprint density at radius 1 is 1.47 bits per heavy atom. The zero-order valence-electron chi connectivity index (χ0n) is 9.27. The molecule has 1 heterocycles. The lowest BCUT2D eigenvalue weighted by atomic mass is 9.75. The van der Waals surface area contributed by atoms with Crippen LogP contribution in [0.4, 0.5) is 0 Å². The van der Waals surface area contributed by atoms with Gasteiger partial charge >= 0.3 is 0 Å². The van der Waals surface area contributed by atoms with E-state index in [-0.39, 0.29) is 17.0 Å². The van der Waals surface area contributed by atoms with Gasteiger partial charge in [-0.15, -0.1) is 0 Å². The lowest BCUT2D eigenvalue weighted by Gasteiger charge is -2.30. The maximum Gasteiger partial charge on any atom is 0.291 e. The van der Waals surface area contributed by atoms with E-state index in [1.807, 2.05) is 0 Å². The number of fused-ring (bicyclic) bond motifs is 1. The van der Waals surface area contributed by atoms with E-state index in [4.69, 9.17) is 0 Å². The van der Waals surface area contributed by atoms with Crippen LogP contribution in [0.2, 0.25) is 0 Å². The molecule has 6 nitrogen and oxygen atoms in total. The van der Waals surface area contributed by atoms with Crippen LogP contribution in [0, 0.1) is 17.3 Å². The number of hydrazine groups is 1. The highest BCUT2D eigenvalue weighted by molar-refractivity contribution is 6.99. The number of nitrogens with zero attached hydrogens (tertiary/aromatic N) is 2. The van der Waals surface area contributed by atoms with Crippen LogP contribution in [0.25, 0.3) is 0 Å². The van der Waals surface area contributed by atoms with Crippen molar-refractivity contribution < 1.29 is 9.59 Å². The Morgan fingerprint density at radius 3 is 2.82 bits per heavy atom. The summed E-state index contributed by atoms with van der Waals surface area (Å²) in [4.78, 5) is 23.3. The van der Waals surface area contributed by atoms with E-state index in [1.165, 1.54) is 6.20 Å². The Kier molecular flexibility index (Phi) is 2.19. The topological polar surface area (TPSA) is 84.0 Å². The summed E-state index contributed by atoms with van der Waals surface area (Å²) in [6, 6.07) is 0. The number of rotatable bonds is 2. The van der Waals surface area contributed by atoms with Crippen molar-refractivity contribution in [2.24, 2.45) is 17.3 Å². The lowest BCUT2D eigenvalue weighted by Crippen LogP contribution is -2.48. The van der Waals surface area contributed by atoms with Crippen LogP contribution in [0.1, 0.15) is 30.3 Å². The molecule has 0 radical (unpaired) electrons. The third-order valence-corrected chi connectivity index (χ3v) is 4.32. The summed E-state index contributed by atoms with van der Waals surface area (Å²) in [5.74, 6) is 0.657. The summed E-state index contributed by atoms with van der Waals surface area (Å²) in [6.45, 7) is 2.16. The summed E-state index contributed by atoms with van der Waals surface area (Å²) in [5, 5.41) is 0. The number of hydrogen-bond acceptors (Lipinski definition) is 5. The highest BCUT2D eigenvalue weighted by Crippen LogP contribution is 2.70. The van der Waals surface area contributed by atoms with E-state index in [9.17, 15) is 9.59 Å². The maximum atomic E-state index is 11.8. The summed E-state index contributed by atoms with van der Waals surface area (Å²) >= 11 is 0.958. The SMILES string of the molecule is C[C@@H]1C[C@@]2(C(=O)NNC(=O)c3cnsn3)C[C@@H]12. The molecule has 0 bridgehead atoms. The van der Waals surface area contributed by atoms with Gasteiger partial charge in [-0.3, -0.25) is 20.4 Å². The minimum atomic E-state index is -0.423. The Morgan fingerprint density at radius 2 is 2.29 bits per heavy atom. The van der Waals surface area contributed by atoms with Crippen LogP contribution in [0.3, 0.4) is 0 Å². The van der Waals surface area contributed by atoms with Gasteiger partial charge in [-0.25, -0.2) is 0 Å². The minimum Gasteiger partial charge on any atom is -0.273 e. The molecule has 2 fully saturated rings. The van der Waals surface area contributed by atoms with E-state index in [1.54, 1.807) is 0 Å². The van der Waals surface area contributed by atoms with E-state index < -0.39 is 5.91 Å². The highest BCUT2D eigenvalue weighted by Gasteiger charge is 2.69. The molecule has 0 aromatic carbocycles. The van der Waals surface area contributed by atoms with Gasteiger partial charge in [-0.05, 0) is 24.7 Å². The van der Waals surface area contributed by atoms with Crippen LogP contribution < -0.4 is 10.9 Å². The molecule has 17 heavy (non-hydrogen) atoms. The normalized spacial score (nSPS) is 33.2. The average molecular weight is 252 g/mol. The van der Waals surface area contributed by atoms with Gasteiger partial charge in [-0.2, -0.15) is 8.75 Å². The van der Waals surface area contributed by atoms with Gasteiger partial charge in [0.1, 0.15) is 0 Å². The zero-order chi connectivity index (χ0) is 12.0. The fraction of sp³-hybridized carbons (Fsp3) is 0.600. The second-order valence-corrected chi connectivity index (χ2v) is 5.41. The van der Waals surface area contributed by atoms with Gasteiger partial charge in [0.15, 0.2) is 5.69 Å². The van der Waals surface area contributed by atoms with E-state index >= 15 is 0 Å². The number of carbonyl (C=O) groups excluding carboxylic acids is 2. The van der Waals surface area contributed by atoms with Crippen LogP contribution in [-0.2, 0) is 4.79 Å². The Bertz CT molecular complexity index is 475. The standard InChI is InChI=1S/C10H12N4O2S/c1-5-2-10(3-6(5)10)9(16)13-12-8(15)7-4-11-17-14-7/h4-6H,2-3H2,1H3,(H,12,15)(H,13,16)/t5-,6+,10-/m1/s1. The number of aromatic nitrogens is 2. The molecule has 0 aliphatic heterocycles. The molecule has 7 heteroatoms. The van der Waals surface area contributed by atoms with Crippen molar-refractivity contribution in [1.82, 2.24) is 19.6 Å². The fourth-order valence-electron chi connectivity index (χ4n) is 2.79. The third-order valence-electron chi connectivity index (χ3n) is 3.84. The first-order chi connectivity index (χ1) is 8.13. The van der Waals surface area contributed by atoms with Crippen molar-refractivity contribution in [2.75, 3.05) is 0 Å². The molecule has 0 spiro atoms. The molecule has 3 atom stereocenters. The van der Waals surface area contributed by atoms with Gasteiger partial charge in [0.25, 0.3) is 5.91 Å². The first-order valence-electron chi connectivity index (χ1n) is 5.52. The van der Waals surface area contributed by atoms with Crippen molar-refractivity contribution >= 4 is 23.5 Å².